The normalized spacial score (nSPS) is 25.9. The van der Waals surface area contributed by atoms with Crippen LogP contribution in [0.15, 0.2) is 12.5 Å². The largest absolute Gasteiger partial charge is 0.332 e. The van der Waals surface area contributed by atoms with Crippen molar-refractivity contribution >= 4 is 0 Å². The lowest BCUT2D eigenvalue weighted by atomic mass is 9.91. The van der Waals surface area contributed by atoms with Crippen LogP contribution in [0.5, 0.6) is 0 Å². The number of aromatic nitrogens is 2. The predicted octanol–water partition coefficient (Wildman–Crippen LogP) is 2.54. The summed E-state index contributed by atoms with van der Waals surface area (Å²) >= 11 is 0. The Morgan fingerprint density at radius 3 is 2.75 bits per heavy atom. The van der Waals surface area contributed by atoms with Crippen molar-refractivity contribution in [1.82, 2.24) is 14.9 Å². The van der Waals surface area contributed by atoms with Gasteiger partial charge in [0.1, 0.15) is 0 Å². The van der Waals surface area contributed by atoms with E-state index in [0.29, 0.717) is 6.04 Å². The summed E-state index contributed by atoms with van der Waals surface area (Å²) in [6, 6.07) is 1.42. The fraction of sp³-hybridized carbons (Fsp3) is 0.769. The zero-order chi connectivity index (χ0) is 11.4. The smallest absolute Gasteiger partial charge is 0.0950 e. The molecule has 1 aliphatic rings. The average Bonchev–Trinajstić information content (AvgIpc) is 2.78. The van der Waals surface area contributed by atoms with E-state index in [9.17, 15) is 0 Å². The van der Waals surface area contributed by atoms with Crippen LogP contribution in [-0.4, -0.2) is 22.6 Å². The van der Waals surface area contributed by atoms with Crippen LogP contribution in [0.4, 0.5) is 0 Å². The molecule has 16 heavy (non-hydrogen) atoms. The highest BCUT2D eigenvalue weighted by molar-refractivity contribution is 5.01. The Balaban J connectivity index is 1.99. The van der Waals surface area contributed by atoms with E-state index in [1.54, 1.807) is 0 Å². The molecule has 1 fully saturated rings. The van der Waals surface area contributed by atoms with E-state index in [1.807, 2.05) is 12.5 Å². The van der Waals surface area contributed by atoms with Crippen molar-refractivity contribution in [2.45, 2.75) is 57.5 Å². The molecule has 1 aromatic heterocycles. The Hall–Kier alpha value is -0.830. The molecule has 0 aliphatic heterocycles. The number of hydrogen-bond acceptors (Lipinski definition) is 2. The highest BCUT2D eigenvalue weighted by Gasteiger charge is 2.22. The lowest BCUT2D eigenvalue weighted by molar-refractivity contribution is 0.296. The van der Waals surface area contributed by atoms with Crippen molar-refractivity contribution in [3.63, 3.8) is 0 Å². The zero-order valence-corrected chi connectivity index (χ0v) is 10.4. The van der Waals surface area contributed by atoms with Crippen molar-refractivity contribution < 1.29 is 0 Å². The zero-order valence-electron chi connectivity index (χ0n) is 10.4. The molecule has 0 saturated heterocycles. The minimum absolute atomic E-state index is 0.689. The van der Waals surface area contributed by atoms with Gasteiger partial charge in [-0.2, -0.15) is 0 Å². The van der Waals surface area contributed by atoms with Gasteiger partial charge in [-0.05, 0) is 39.2 Å². The minimum Gasteiger partial charge on any atom is -0.332 e. The maximum Gasteiger partial charge on any atom is 0.0950 e. The van der Waals surface area contributed by atoms with E-state index in [0.717, 1.165) is 12.5 Å². The average molecular weight is 221 g/mol. The van der Waals surface area contributed by atoms with Gasteiger partial charge in [0.05, 0.1) is 6.33 Å². The first kappa shape index (κ1) is 11.6. The summed E-state index contributed by atoms with van der Waals surface area (Å²) in [7, 11) is 2.07. The fourth-order valence-corrected chi connectivity index (χ4v) is 2.75. The van der Waals surface area contributed by atoms with Crippen LogP contribution in [0.2, 0.25) is 0 Å². The van der Waals surface area contributed by atoms with E-state index in [2.05, 4.69) is 28.8 Å². The summed E-state index contributed by atoms with van der Waals surface area (Å²) < 4.78 is 2.41. The SMILES string of the molecule is CCCc1cncn1C1CCC(NC)CC1. The third-order valence-corrected chi connectivity index (χ3v) is 3.75. The molecule has 1 N–H and O–H groups in total. The Labute approximate surface area is 98.3 Å². The topological polar surface area (TPSA) is 29.9 Å². The van der Waals surface area contributed by atoms with Crippen LogP contribution in [0.1, 0.15) is 50.8 Å². The molecular formula is C13H23N3. The van der Waals surface area contributed by atoms with Crippen LogP contribution in [0.25, 0.3) is 0 Å². The summed E-state index contributed by atoms with van der Waals surface area (Å²) in [6.45, 7) is 2.23. The monoisotopic (exact) mass is 221 g/mol. The molecule has 1 saturated carbocycles. The first-order valence-corrected chi connectivity index (χ1v) is 6.53. The summed E-state index contributed by atoms with van der Waals surface area (Å²) in [5, 5.41) is 3.38. The summed E-state index contributed by atoms with van der Waals surface area (Å²) in [4.78, 5) is 4.30. The van der Waals surface area contributed by atoms with Crippen molar-refractivity contribution in [1.29, 1.82) is 0 Å². The number of imidazole rings is 1. The van der Waals surface area contributed by atoms with Gasteiger partial charge in [0, 0.05) is 24.0 Å². The van der Waals surface area contributed by atoms with Crippen LogP contribution in [0, 0.1) is 0 Å². The maximum absolute atomic E-state index is 4.30. The van der Waals surface area contributed by atoms with Gasteiger partial charge < -0.3 is 9.88 Å². The van der Waals surface area contributed by atoms with Gasteiger partial charge in [-0.25, -0.2) is 4.98 Å². The lowest BCUT2D eigenvalue weighted by Gasteiger charge is -2.30. The molecule has 2 rings (SSSR count). The number of hydrogen-bond donors (Lipinski definition) is 1. The quantitative estimate of drug-likeness (QED) is 0.846. The first-order chi connectivity index (χ1) is 7.85. The number of rotatable bonds is 4. The molecule has 0 bridgehead atoms. The molecule has 0 amide bonds. The number of nitrogens with zero attached hydrogens (tertiary/aromatic N) is 2. The molecular weight excluding hydrogens is 198 g/mol. The highest BCUT2D eigenvalue weighted by atomic mass is 15.1. The van der Waals surface area contributed by atoms with Gasteiger partial charge in [-0.3, -0.25) is 0 Å². The second-order valence-electron chi connectivity index (χ2n) is 4.84. The second kappa shape index (κ2) is 5.48. The molecule has 0 atom stereocenters. The third-order valence-electron chi connectivity index (χ3n) is 3.75. The summed E-state index contributed by atoms with van der Waals surface area (Å²) in [5.41, 5.74) is 1.41. The molecule has 1 aromatic rings. The highest BCUT2D eigenvalue weighted by Crippen LogP contribution is 2.29. The van der Waals surface area contributed by atoms with Gasteiger partial charge in [0.15, 0.2) is 0 Å². The minimum atomic E-state index is 0.689. The van der Waals surface area contributed by atoms with Crippen LogP contribution >= 0.6 is 0 Å². The lowest BCUT2D eigenvalue weighted by Crippen LogP contribution is -2.31. The number of aryl methyl sites for hydroxylation is 1. The Morgan fingerprint density at radius 1 is 1.38 bits per heavy atom. The second-order valence-corrected chi connectivity index (χ2v) is 4.84. The predicted molar refractivity (Wildman–Crippen MR) is 66.6 cm³/mol. The van der Waals surface area contributed by atoms with Gasteiger partial charge in [-0.1, -0.05) is 13.3 Å². The van der Waals surface area contributed by atoms with Gasteiger partial charge in [0.25, 0.3) is 0 Å². The van der Waals surface area contributed by atoms with Gasteiger partial charge >= 0.3 is 0 Å². The molecule has 0 radical (unpaired) electrons. The molecule has 0 spiro atoms. The van der Waals surface area contributed by atoms with E-state index in [4.69, 9.17) is 0 Å². The summed E-state index contributed by atoms with van der Waals surface area (Å²) in [5.74, 6) is 0. The molecule has 0 unspecified atom stereocenters. The van der Waals surface area contributed by atoms with Crippen molar-refractivity contribution in [2.24, 2.45) is 0 Å². The molecule has 0 aromatic carbocycles. The van der Waals surface area contributed by atoms with E-state index in [-0.39, 0.29) is 0 Å². The van der Waals surface area contributed by atoms with E-state index < -0.39 is 0 Å². The Kier molecular flexibility index (Phi) is 3.99. The standard InChI is InChI=1S/C13H23N3/c1-3-4-13-9-15-10-16(13)12-7-5-11(14-2)6-8-12/h9-12,14H,3-8H2,1-2H3. The fourth-order valence-electron chi connectivity index (χ4n) is 2.75. The first-order valence-electron chi connectivity index (χ1n) is 6.53. The van der Waals surface area contributed by atoms with Crippen LogP contribution in [-0.2, 0) is 6.42 Å². The summed E-state index contributed by atoms with van der Waals surface area (Å²) in [6.07, 6.45) is 11.6. The van der Waals surface area contributed by atoms with E-state index in [1.165, 1.54) is 37.8 Å². The van der Waals surface area contributed by atoms with Crippen LogP contribution < -0.4 is 5.32 Å². The van der Waals surface area contributed by atoms with Gasteiger partial charge in [0.2, 0.25) is 0 Å². The maximum atomic E-state index is 4.30. The van der Waals surface area contributed by atoms with Crippen molar-refractivity contribution in [2.75, 3.05) is 7.05 Å². The molecule has 3 heteroatoms. The third kappa shape index (κ3) is 2.46. The van der Waals surface area contributed by atoms with Gasteiger partial charge in [-0.15, -0.1) is 0 Å². The molecule has 3 nitrogen and oxygen atoms in total. The van der Waals surface area contributed by atoms with E-state index >= 15 is 0 Å². The number of nitrogens with one attached hydrogen (secondary N) is 1. The Bertz CT molecular complexity index is 311. The van der Waals surface area contributed by atoms with Crippen molar-refractivity contribution in [3.8, 4) is 0 Å². The molecule has 1 heterocycles. The van der Waals surface area contributed by atoms with Crippen molar-refractivity contribution in [3.05, 3.63) is 18.2 Å². The molecule has 1 aliphatic carbocycles. The Morgan fingerprint density at radius 2 is 2.12 bits per heavy atom. The van der Waals surface area contributed by atoms with Crippen LogP contribution in [0.3, 0.4) is 0 Å². The molecule has 90 valence electrons.